The molecule has 4 nitrogen and oxygen atoms in total. The number of para-hydroxylation sites is 1. The second-order valence-electron chi connectivity index (χ2n) is 8.30. The fourth-order valence-electron chi connectivity index (χ4n) is 5.36. The second-order valence-corrected chi connectivity index (χ2v) is 8.30. The normalized spacial score (nSPS) is 25.1. The first kappa shape index (κ1) is 18.4. The summed E-state index contributed by atoms with van der Waals surface area (Å²) in [6.07, 6.45) is 5.58. The molecule has 2 fully saturated rings. The minimum absolute atomic E-state index is 0.266. The van der Waals surface area contributed by atoms with Crippen molar-refractivity contribution in [3.63, 3.8) is 0 Å². The summed E-state index contributed by atoms with van der Waals surface area (Å²) in [5, 5.41) is 4.70. The highest BCUT2D eigenvalue weighted by molar-refractivity contribution is 5.98. The van der Waals surface area contributed by atoms with Gasteiger partial charge in [-0.1, -0.05) is 24.6 Å². The van der Waals surface area contributed by atoms with Crippen LogP contribution in [0.2, 0.25) is 0 Å². The van der Waals surface area contributed by atoms with Gasteiger partial charge in [-0.2, -0.15) is 0 Å². The van der Waals surface area contributed by atoms with Crippen LogP contribution in [-0.2, 0) is 11.3 Å². The van der Waals surface area contributed by atoms with Crippen LogP contribution in [0.1, 0.15) is 61.1 Å². The molecule has 144 valence electrons. The highest BCUT2D eigenvalue weighted by Crippen LogP contribution is 2.49. The summed E-state index contributed by atoms with van der Waals surface area (Å²) < 4.78 is 5.34. The van der Waals surface area contributed by atoms with E-state index in [-0.39, 0.29) is 5.97 Å². The van der Waals surface area contributed by atoms with E-state index in [9.17, 15) is 4.79 Å². The van der Waals surface area contributed by atoms with Gasteiger partial charge in [0.1, 0.15) is 0 Å². The zero-order chi connectivity index (χ0) is 19.0. The molecule has 0 amide bonds. The van der Waals surface area contributed by atoms with Crippen LogP contribution in [0.4, 0.5) is 0 Å². The van der Waals surface area contributed by atoms with Crippen molar-refractivity contribution in [2.45, 2.75) is 59.0 Å². The van der Waals surface area contributed by atoms with E-state index < -0.39 is 0 Å². The number of benzene rings is 1. The van der Waals surface area contributed by atoms with Crippen LogP contribution in [-0.4, -0.2) is 23.6 Å². The van der Waals surface area contributed by atoms with Gasteiger partial charge in [0.25, 0.3) is 0 Å². The fraction of sp³-hybridized carbons (Fsp3) is 0.565. The van der Waals surface area contributed by atoms with Crippen molar-refractivity contribution < 1.29 is 9.53 Å². The van der Waals surface area contributed by atoms with E-state index in [1.54, 1.807) is 0 Å². The Balaban J connectivity index is 1.59. The Morgan fingerprint density at radius 3 is 2.81 bits per heavy atom. The molecule has 1 heterocycles. The van der Waals surface area contributed by atoms with Gasteiger partial charge in [-0.15, -0.1) is 0 Å². The number of esters is 1. The van der Waals surface area contributed by atoms with Gasteiger partial charge in [-0.3, -0.25) is 4.98 Å². The summed E-state index contributed by atoms with van der Waals surface area (Å²) in [6, 6.07) is 8.47. The lowest BCUT2D eigenvalue weighted by Crippen LogP contribution is -2.36. The lowest BCUT2D eigenvalue weighted by Gasteiger charge is -2.29. The van der Waals surface area contributed by atoms with Crippen molar-refractivity contribution in [3.05, 3.63) is 41.1 Å². The van der Waals surface area contributed by atoms with Crippen LogP contribution in [0.5, 0.6) is 0 Å². The van der Waals surface area contributed by atoms with Crippen LogP contribution in [0, 0.1) is 24.7 Å². The molecule has 0 unspecified atom stereocenters. The van der Waals surface area contributed by atoms with Crippen LogP contribution >= 0.6 is 0 Å². The predicted octanol–water partition coefficient (Wildman–Crippen LogP) is 4.63. The first-order valence-electron chi connectivity index (χ1n) is 10.4. The smallest absolute Gasteiger partial charge is 0.340 e. The van der Waals surface area contributed by atoms with E-state index in [4.69, 9.17) is 9.72 Å². The average molecular weight is 367 g/mol. The first-order chi connectivity index (χ1) is 13.1. The summed E-state index contributed by atoms with van der Waals surface area (Å²) in [5.41, 5.74) is 3.33. The Hall–Kier alpha value is -1.94. The van der Waals surface area contributed by atoms with Gasteiger partial charge >= 0.3 is 5.97 Å². The highest BCUT2D eigenvalue weighted by atomic mass is 16.5. The van der Waals surface area contributed by atoms with E-state index in [0.29, 0.717) is 24.8 Å². The standard InChI is InChI=1S/C23H30N2O2/c1-4-27-23(26)22-14(2)18-7-5-6-8-20(18)25-21(22)13-24-15(3)19-12-16-9-10-17(19)11-16/h5-8,15-17,19,24H,4,9-13H2,1-3H3/t15-,16+,17+,19-/m1/s1. The molecule has 4 heteroatoms. The Morgan fingerprint density at radius 2 is 2.11 bits per heavy atom. The maximum Gasteiger partial charge on any atom is 0.340 e. The van der Waals surface area contributed by atoms with Crippen LogP contribution in [0.3, 0.4) is 0 Å². The van der Waals surface area contributed by atoms with E-state index in [1.807, 2.05) is 38.1 Å². The maximum atomic E-state index is 12.6. The number of pyridine rings is 1. The third-order valence-corrected chi connectivity index (χ3v) is 6.73. The zero-order valence-electron chi connectivity index (χ0n) is 16.6. The molecule has 2 saturated carbocycles. The Labute approximate surface area is 161 Å². The molecule has 2 aliphatic carbocycles. The number of carbonyl (C=O) groups is 1. The van der Waals surface area contributed by atoms with Gasteiger partial charge in [0.05, 0.1) is 23.4 Å². The molecule has 2 aliphatic rings. The van der Waals surface area contributed by atoms with Crippen molar-refractivity contribution in [1.82, 2.24) is 10.3 Å². The summed E-state index contributed by atoms with van der Waals surface area (Å²) >= 11 is 0. The molecule has 4 atom stereocenters. The van der Waals surface area contributed by atoms with Crippen molar-refractivity contribution >= 4 is 16.9 Å². The van der Waals surface area contributed by atoms with Crippen LogP contribution in [0.25, 0.3) is 10.9 Å². The number of carbonyl (C=O) groups excluding carboxylic acids is 1. The molecule has 1 aromatic heterocycles. The van der Waals surface area contributed by atoms with Gasteiger partial charge in [0.2, 0.25) is 0 Å². The topological polar surface area (TPSA) is 51.2 Å². The average Bonchev–Trinajstić information content (AvgIpc) is 3.30. The Morgan fingerprint density at radius 1 is 1.30 bits per heavy atom. The molecule has 4 rings (SSSR count). The molecule has 0 aliphatic heterocycles. The van der Waals surface area contributed by atoms with Crippen LogP contribution in [0.15, 0.2) is 24.3 Å². The van der Waals surface area contributed by atoms with Gasteiger partial charge in [-0.25, -0.2) is 4.79 Å². The molecular weight excluding hydrogens is 336 g/mol. The molecule has 2 aromatic rings. The summed E-state index contributed by atoms with van der Waals surface area (Å²) in [6.45, 7) is 7.12. The Kier molecular flexibility index (Phi) is 5.18. The van der Waals surface area contributed by atoms with Gasteiger partial charge in [-0.05, 0) is 69.4 Å². The minimum atomic E-state index is -0.266. The van der Waals surface area contributed by atoms with Gasteiger partial charge in [0, 0.05) is 18.0 Å². The number of hydrogen-bond acceptors (Lipinski definition) is 4. The van der Waals surface area contributed by atoms with Gasteiger partial charge in [0.15, 0.2) is 0 Å². The van der Waals surface area contributed by atoms with E-state index in [0.717, 1.165) is 39.9 Å². The number of nitrogens with one attached hydrogen (secondary N) is 1. The van der Waals surface area contributed by atoms with Crippen LogP contribution < -0.4 is 5.32 Å². The van der Waals surface area contributed by atoms with E-state index in [1.165, 1.54) is 25.7 Å². The molecule has 1 aromatic carbocycles. The number of nitrogens with zero attached hydrogens (tertiary/aromatic N) is 1. The SMILES string of the molecule is CCOC(=O)c1c(CN[C@H](C)[C@H]2C[C@H]3CC[C@H]2C3)nc2ccccc2c1C. The molecule has 27 heavy (non-hydrogen) atoms. The van der Waals surface area contributed by atoms with E-state index in [2.05, 4.69) is 12.2 Å². The minimum Gasteiger partial charge on any atom is -0.462 e. The molecule has 2 bridgehead atoms. The first-order valence-corrected chi connectivity index (χ1v) is 10.4. The maximum absolute atomic E-state index is 12.6. The monoisotopic (exact) mass is 366 g/mol. The fourth-order valence-corrected chi connectivity index (χ4v) is 5.36. The van der Waals surface area contributed by atoms with Crippen molar-refractivity contribution in [2.75, 3.05) is 6.61 Å². The highest BCUT2D eigenvalue weighted by Gasteiger charge is 2.41. The number of rotatable bonds is 6. The molecule has 0 radical (unpaired) electrons. The third kappa shape index (κ3) is 3.47. The zero-order valence-corrected chi connectivity index (χ0v) is 16.6. The lowest BCUT2D eigenvalue weighted by atomic mass is 9.84. The number of aryl methyl sites for hydroxylation is 1. The second kappa shape index (κ2) is 7.59. The predicted molar refractivity (Wildman–Crippen MR) is 108 cm³/mol. The lowest BCUT2D eigenvalue weighted by molar-refractivity contribution is 0.0523. The Bertz CT molecular complexity index is 848. The van der Waals surface area contributed by atoms with Crippen molar-refractivity contribution in [1.29, 1.82) is 0 Å². The quantitative estimate of drug-likeness (QED) is 0.757. The summed E-state index contributed by atoms with van der Waals surface area (Å²) in [5.74, 6) is 2.32. The number of aromatic nitrogens is 1. The third-order valence-electron chi connectivity index (χ3n) is 6.73. The van der Waals surface area contributed by atoms with Gasteiger partial charge < -0.3 is 10.1 Å². The van der Waals surface area contributed by atoms with Crippen molar-refractivity contribution in [3.8, 4) is 0 Å². The molecule has 0 saturated heterocycles. The van der Waals surface area contributed by atoms with Crippen molar-refractivity contribution in [2.24, 2.45) is 17.8 Å². The number of ether oxygens (including phenoxy) is 1. The largest absolute Gasteiger partial charge is 0.462 e. The number of fused-ring (bicyclic) bond motifs is 3. The van der Waals surface area contributed by atoms with E-state index >= 15 is 0 Å². The molecule has 0 spiro atoms. The summed E-state index contributed by atoms with van der Waals surface area (Å²) in [4.78, 5) is 17.5. The summed E-state index contributed by atoms with van der Waals surface area (Å²) in [7, 11) is 0. The number of hydrogen-bond donors (Lipinski definition) is 1. The molecular formula is C23H30N2O2. The molecule has 1 N–H and O–H groups in total.